The van der Waals surface area contributed by atoms with Crippen LogP contribution in [0.4, 0.5) is 11.4 Å². The summed E-state index contributed by atoms with van der Waals surface area (Å²) in [4.78, 5) is 61.3. The molecule has 0 unspecified atom stereocenters. The minimum Gasteiger partial charge on any atom is -0.497 e. The summed E-state index contributed by atoms with van der Waals surface area (Å²) in [7, 11) is 1.50. The van der Waals surface area contributed by atoms with E-state index in [1.165, 1.54) is 43.5 Å². The summed E-state index contributed by atoms with van der Waals surface area (Å²) in [6, 6.07) is 15.5. The third-order valence-corrected chi connectivity index (χ3v) is 5.20. The highest BCUT2D eigenvalue weighted by atomic mass is 16.6. The number of benzene rings is 3. The first-order chi connectivity index (χ1) is 16.3. The monoisotopic (exact) mass is 460 g/mol. The molecular formula is C24H16N2O8. The van der Waals surface area contributed by atoms with E-state index in [1.54, 1.807) is 24.3 Å². The summed E-state index contributed by atoms with van der Waals surface area (Å²) in [6.07, 6.45) is 0. The number of amides is 2. The summed E-state index contributed by atoms with van der Waals surface area (Å²) >= 11 is 0. The summed E-state index contributed by atoms with van der Waals surface area (Å²) in [5.41, 5.74) is -0.235. The summed E-state index contributed by atoms with van der Waals surface area (Å²) in [5.74, 6) is -2.12. The van der Waals surface area contributed by atoms with Crippen molar-refractivity contribution in [1.29, 1.82) is 0 Å². The topological polar surface area (TPSA) is 133 Å². The number of hydrogen-bond acceptors (Lipinski definition) is 8. The van der Waals surface area contributed by atoms with Gasteiger partial charge >= 0.3 is 5.97 Å². The van der Waals surface area contributed by atoms with Gasteiger partial charge in [-0.05, 0) is 54.6 Å². The first-order valence-corrected chi connectivity index (χ1v) is 9.92. The van der Waals surface area contributed by atoms with Crippen molar-refractivity contribution in [1.82, 2.24) is 0 Å². The van der Waals surface area contributed by atoms with Gasteiger partial charge in [-0.25, -0.2) is 9.69 Å². The fourth-order valence-electron chi connectivity index (χ4n) is 3.48. The third kappa shape index (κ3) is 3.99. The normalized spacial score (nSPS) is 12.3. The van der Waals surface area contributed by atoms with Gasteiger partial charge in [0.1, 0.15) is 11.3 Å². The Morgan fingerprint density at radius 3 is 2.18 bits per heavy atom. The van der Waals surface area contributed by atoms with Gasteiger partial charge in [-0.3, -0.25) is 24.5 Å². The van der Waals surface area contributed by atoms with Crippen LogP contribution < -0.4 is 9.64 Å². The Balaban J connectivity index is 1.45. The number of hydrogen-bond donors (Lipinski definition) is 0. The quantitative estimate of drug-likeness (QED) is 0.172. The van der Waals surface area contributed by atoms with E-state index >= 15 is 0 Å². The first kappa shape index (κ1) is 22.3. The van der Waals surface area contributed by atoms with Crippen LogP contribution in [0.15, 0.2) is 66.7 Å². The molecule has 1 heterocycles. The number of carbonyl (C=O) groups excluding carboxylic acids is 4. The van der Waals surface area contributed by atoms with Crippen LogP contribution in [0, 0.1) is 10.1 Å². The molecule has 0 saturated heterocycles. The van der Waals surface area contributed by atoms with E-state index in [2.05, 4.69) is 0 Å². The third-order valence-electron chi connectivity index (χ3n) is 5.20. The minimum atomic E-state index is -0.826. The zero-order valence-electron chi connectivity index (χ0n) is 17.7. The number of esters is 1. The van der Waals surface area contributed by atoms with E-state index in [0.29, 0.717) is 11.3 Å². The molecule has 0 spiro atoms. The Morgan fingerprint density at radius 2 is 1.56 bits per heavy atom. The second-order valence-electron chi connectivity index (χ2n) is 7.18. The van der Waals surface area contributed by atoms with Crippen molar-refractivity contribution in [2.24, 2.45) is 0 Å². The molecule has 0 saturated carbocycles. The molecule has 170 valence electrons. The highest BCUT2D eigenvalue weighted by Gasteiger charge is 2.41. The van der Waals surface area contributed by atoms with E-state index in [-0.39, 0.29) is 22.4 Å². The lowest BCUT2D eigenvalue weighted by atomic mass is 10.1. The van der Waals surface area contributed by atoms with Gasteiger partial charge in [0.05, 0.1) is 28.8 Å². The summed E-state index contributed by atoms with van der Waals surface area (Å²) in [6.45, 7) is -0.477. The molecule has 0 fully saturated rings. The van der Waals surface area contributed by atoms with E-state index in [1.807, 2.05) is 0 Å². The standard InChI is InChI=1S/C24H16N2O8/c1-33-17-11-7-14(8-12-17)20(27)13-34-24(30)15-5-9-16(10-6-15)25-22(28)18-3-2-4-19(26(31)32)21(18)23(25)29/h2-12H,13H2,1H3. The molecule has 0 atom stereocenters. The number of methoxy groups -OCH3 is 1. The van der Waals surface area contributed by atoms with Crippen LogP contribution in [0.25, 0.3) is 0 Å². The van der Waals surface area contributed by atoms with E-state index in [9.17, 15) is 29.3 Å². The van der Waals surface area contributed by atoms with Crippen LogP contribution in [0.3, 0.4) is 0 Å². The van der Waals surface area contributed by atoms with Gasteiger partial charge in [0.25, 0.3) is 17.5 Å². The van der Waals surface area contributed by atoms with E-state index < -0.39 is 40.8 Å². The lowest BCUT2D eigenvalue weighted by Crippen LogP contribution is -2.29. The predicted octanol–water partition coefficient (Wildman–Crippen LogP) is 3.44. The number of nitrogens with zero attached hydrogens (tertiary/aromatic N) is 2. The Labute approximate surface area is 192 Å². The molecule has 2 amide bonds. The number of anilines is 1. The number of nitro benzene ring substituents is 1. The molecule has 1 aliphatic heterocycles. The molecule has 10 nitrogen and oxygen atoms in total. The van der Waals surface area contributed by atoms with Crippen molar-refractivity contribution in [3.63, 3.8) is 0 Å². The number of fused-ring (bicyclic) bond motifs is 1. The second-order valence-corrected chi connectivity index (χ2v) is 7.18. The number of carbonyl (C=O) groups is 4. The first-order valence-electron chi connectivity index (χ1n) is 9.92. The second kappa shape index (κ2) is 8.94. The molecule has 3 aromatic rings. The predicted molar refractivity (Wildman–Crippen MR) is 118 cm³/mol. The zero-order valence-corrected chi connectivity index (χ0v) is 17.7. The molecule has 10 heteroatoms. The number of ketones is 1. The Bertz CT molecular complexity index is 1330. The Kier molecular flexibility index (Phi) is 5.88. The fraction of sp³-hybridized carbons (Fsp3) is 0.0833. The summed E-state index contributed by atoms with van der Waals surface area (Å²) < 4.78 is 10.1. The van der Waals surface area contributed by atoms with Crippen molar-refractivity contribution in [2.45, 2.75) is 0 Å². The van der Waals surface area contributed by atoms with Gasteiger partial charge in [-0.1, -0.05) is 6.07 Å². The molecule has 4 rings (SSSR count). The van der Waals surface area contributed by atoms with Gasteiger partial charge in [0, 0.05) is 11.6 Å². The van der Waals surface area contributed by atoms with Gasteiger partial charge in [-0.15, -0.1) is 0 Å². The van der Waals surface area contributed by atoms with Crippen molar-refractivity contribution >= 4 is 34.9 Å². The maximum Gasteiger partial charge on any atom is 0.338 e. The highest BCUT2D eigenvalue weighted by Crippen LogP contribution is 2.33. The number of ether oxygens (including phenoxy) is 2. The van der Waals surface area contributed by atoms with Crippen LogP contribution in [0.2, 0.25) is 0 Å². The maximum absolute atomic E-state index is 12.8. The number of nitro groups is 1. The fourth-order valence-corrected chi connectivity index (χ4v) is 3.48. The number of imide groups is 1. The molecule has 0 aromatic heterocycles. The van der Waals surface area contributed by atoms with Crippen molar-refractivity contribution < 1.29 is 33.6 Å². The maximum atomic E-state index is 12.8. The van der Waals surface area contributed by atoms with Crippen LogP contribution in [-0.4, -0.2) is 42.2 Å². The number of Topliss-reactive ketones (excluding diaryl/α,β-unsaturated/α-hetero) is 1. The molecular weight excluding hydrogens is 444 g/mol. The molecule has 0 radical (unpaired) electrons. The summed E-state index contributed by atoms with van der Waals surface area (Å²) in [5, 5.41) is 11.2. The average molecular weight is 460 g/mol. The molecule has 0 N–H and O–H groups in total. The van der Waals surface area contributed by atoms with Crippen molar-refractivity contribution in [2.75, 3.05) is 18.6 Å². The Hall–Kier alpha value is -4.86. The SMILES string of the molecule is COc1ccc(C(=O)COC(=O)c2ccc(N3C(=O)c4cccc([N+](=O)[O-])c4C3=O)cc2)cc1. The van der Waals surface area contributed by atoms with Crippen LogP contribution in [0.1, 0.15) is 41.4 Å². The van der Waals surface area contributed by atoms with Crippen molar-refractivity contribution in [3.05, 3.63) is 99.1 Å². The van der Waals surface area contributed by atoms with Crippen LogP contribution in [0.5, 0.6) is 5.75 Å². The largest absolute Gasteiger partial charge is 0.497 e. The molecule has 3 aromatic carbocycles. The number of rotatable bonds is 7. The van der Waals surface area contributed by atoms with E-state index in [4.69, 9.17) is 9.47 Å². The minimum absolute atomic E-state index is 0.0697. The van der Waals surface area contributed by atoms with Crippen molar-refractivity contribution in [3.8, 4) is 5.75 Å². The molecule has 34 heavy (non-hydrogen) atoms. The smallest absolute Gasteiger partial charge is 0.338 e. The average Bonchev–Trinajstić information content (AvgIpc) is 3.12. The lowest BCUT2D eigenvalue weighted by Gasteiger charge is -2.14. The molecule has 1 aliphatic rings. The van der Waals surface area contributed by atoms with Gasteiger partial charge in [0.15, 0.2) is 12.4 Å². The Morgan fingerprint density at radius 1 is 0.912 bits per heavy atom. The molecule has 0 aliphatic carbocycles. The highest BCUT2D eigenvalue weighted by molar-refractivity contribution is 6.35. The van der Waals surface area contributed by atoms with Gasteiger partial charge in [0.2, 0.25) is 0 Å². The van der Waals surface area contributed by atoms with E-state index in [0.717, 1.165) is 11.0 Å². The van der Waals surface area contributed by atoms with Gasteiger partial charge in [-0.2, -0.15) is 0 Å². The lowest BCUT2D eigenvalue weighted by molar-refractivity contribution is -0.385. The van der Waals surface area contributed by atoms with Crippen LogP contribution >= 0.6 is 0 Å². The molecule has 0 bridgehead atoms. The zero-order chi connectivity index (χ0) is 24.4. The van der Waals surface area contributed by atoms with Crippen LogP contribution in [-0.2, 0) is 4.74 Å². The van der Waals surface area contributed by atoms with Gasteiger partial charge < -0.3 is 9.47 Å².